The maximum absolute atomic E-state index is 5.46. The van der Waals surface area contributed by atoms with Crippen LogP contribution >= 0.6 is 11.3 Å². The number of hydrogen-bond acceptors (Lipinski definition) is 4. The van der Waals surface area contributed by atoms with E-state index in [9.17, 15) is 0 Å². The molecule has 0 unspecified atom stereocenters. The van der Waals surface area contributed by atoms with E-state index in [0.29, 0.717) is 0 Å². The minimum absolute atomic E-state index is 0.724. The third-order valence-corrected chi connectivity index (χ3v) is 5.65. The number of ether oxygens (including phenoxy) is 1. The van der Waals surface area contributed by atoms with Crippen LogP contribution < -0.4 is 0 Å². The number of morpholine rings is 1. The molecule has 1 aromatic heterocycles. The van der Waals surface area contributed by atoms with E-state index < -0.39 is 0 Å². The molecule has 0 amide bonds. The first-order valence-corrected chi connectivity index (χ1v) is 8.82. The average Bonchev–Trinajstić information content (AvgIpc) is 3.01. The van der Waals surface area contributed by atoms with Crippen LogP contribution in [0.15, 0.2) is 16.8 Å². The fraction of sp³-hybridized carbons (Fsp3) is 0.750. The second-order valence-corrected chi connectivity index (χ2v) is 6.91. The highest BCUT2D eigenvalue weighted by molar-refractivity contribution is 7.07. The van der Waals surface area contributed by atoms with Gasteiger partial charge in [0, 0.05) is 25.7 Å². The van der Waals surface area contributed by atoms with Gasteiger partial charge in [0.15, 0.2) is 0 Å². The van der Waals surface area contributed by atoms with E-state index >= 15 is 0 Å². The van der Waals surface area contributed by atoms with Gasteiger partial charge < -0.3 is 4.74 Å². The van der Waals surface area contributed by atoms with Gasteiger partial charge in [0.2, 0.25) is 0 Å². The van der Waals surface area contributed by atoms with Gasteiger partial charge in [-0.15, -0.1) is 0 Å². The molecular formula is C16H26N2OS. The molecule has 4 heteroatoms. The molecule has 0 spiro atoms. The smallest absolute Gasteiger partial charge is 0.0594 e. The molecule has 0 aromatic carbocycles. The Labute approximate surface area is 126 Å². The van der Waals surface area contributed by atoms with Crippen LogP contribution in [0.2, 0.25) is 0 Å². The van der Waals surface area contributed by atoms with E-state index in [1.54, 1.807) is 0 Å². The maximum Gasteiger partial charge on any atom is 0.0594 e. The summed E-state index contributed by atoms with van der Waals surface area (Å²) >= 11 is 1.81. The van der Waals surface area contributed by atoms with Gasteiger partial charge in [-0.05, 0) is 61.2 Å². The van der Waals surface area contributed by atoms with Crippen molar-refractivity contribution in [2.45, 2.75) is 32.4 Å². The number of hydrogen-bond donors (Lipinski definition) is 0. The van der Waals surface area contributed by atoms with Crippen LogP contribution in [0.3, 0.4) is 0 Å². The lowest BCUT2D eigenvalue weighted by molar-refractivity contribution is -0.00191. The Bertz CT molecular complexity index is 381. The van der Waals surface area contributed by atoms with E-state index in [-0.39, 0.29) is 0 Å². The van der Waals surface area contributed by atoms with Crippen LogP contribution in [0, 0.1) is 5.92 Å². The average molecular weight is 294 g/mol. The first-order valence-electron chi connectivity index (χ1n) is 7.88. The van der Waals surface area contributed by atoms with E-state index in [1.807, 2.05) is 11.3 Å². The summed E-state index contributed by atoms with van der Waals surface area (Å²) < 4.78 is 5.46. The molecular weight excluding hydrogens is 268 g/mol. The number of likely N-dealkylation sites (tertiary alicyclic amines) is 1. The van der Waals surface area contributed by atoms with E-state index in [1.165, 1.54) is 31.5 Å². The lowest BCUT2D eigenvalue weighted by Gasteiger charge is -2.41. The summed E-state index contributed by atoms with van der Waals surface area (Å²) in [6.45, 7) is 10.2. The maximum atomic E-state index is 5.46. The molecule has 2 aliphatic heterocycles. The summed E-state index contributed by atoms with van der Waals surface area (Å²) in [4.78, 5) is 5.24. The monoisotopic (exact) mass is 294 g/mol. The summed E-state index contributed by atoms with van der Waals surface area (Å²) in [7, 11) is 0. The Morgan fingerprint density at radius 3 is 2.65 bits per heavy atom. The minimum Gasteiger partial charge on any atom is -0.379 e. The molecule has 3 rings (SSSR count). The Kier molecular flexibility index (Phi) is 5.10. The Morgan fingerprint density at radius 2 is 2.00 bits per heavy atom. The van der Waals surface area contributed by atoms with Gasteiger partial charge in [0.1, 0.15) is 0 Å². The summed E-state index contributed by atoms with van der Waals surface area (Å²) in [6.07, 6.45) is 2.70. The molecule has 2 fully saturated rings. The first kappa shape index (κ1) is 14.5. The number of piperidine rings is 1. The Morgan fingerprint density at radius 1 is 1.25 bits per heavy atom. The van der Waals surface area contributed by atoms with E-state index in [0.717, 1.165) is 44.8 Å². The summed E-state index contributed by atoms with van der Waals surface area (Å²) in [5, 5.41) is 4.46. The van der Waals surface area contributed by atoms with Gasteiger partial charge in [0.25, 0.3) is 0 Å². The molecule has 20 heavy (non-hydrogen) atoms. The van der Waals surface area contributed by atoms with Gasteiger partial charge in [-0.2, -0.15) is 11.3 Å². The molecule has 1 atom stereocenters. The highest BCUT2D eigenvalue weighted by atomic mass is 32.1. The zero-order chi connectivity index (χ0) is 13.8. The number of rotatable bonds is 4. The van der Waals surface area contributed by atoms with Gasteiger partial charge >= 0.3 is 0 Å². The second-order valence-electron chi connectivity index (χ2n) is 6.13. The zero-order valence-electron chi connectivity index (χ0n) is 12.5. The highest BCUT2D eigenvalue weighted by Crippen LogP contribution is 2.25. The number of nitrogens with zero attached hydrogens (tertiary/aromatic N) is 2. The normalized spacial score (nSPS) is 24.9. The molecule has 0 saturated carbocycles. The SMILES string of the molecule is C[C@@H](C1CCN(Cc2ccsc2)CC1)N1CCOCC1. The van der Waals surface area contributed by atoms with Gasteiger partial charge in [0.05, 0.1) is 13.2 Å². The molecule has 3 heterocycles. The lowest BCUT2D eigenvalue weighted by Crippen LogP contribution is -2.48. The van der Waals surface area contributed by atoms with E-state index in [4.69, 9.17) is 4.74 Å². The van der Waals surface area contributed by atoms with E-state index in [2.05, 4.69) is 33.6 Å². The molecule has 0 N–H and O–H groups in total. The summed E-state index contributed by atoms with van der Waals surface area (Å²) in [5.41, 5.74) is 1.48. The minimum atomic E-state index is 0.724. The van der Waals surface area contributed by atoms with Crippen LogP contribution in [0.1, 0.15) is 25.3 Å². The largest absolute Gasteiger partial charge is 0.379 e. The predicted molar refractivity (Wildman–Crippen MR) is 84.2 cm³/mol. The number of thiophene rings is 1. The molecule has 1 aromatic rings. The third kappa shape index (κ3) is 3.61. The van der Waals surface area contributed by atoms with Gasteiger partial charge in [-0.25, -0.2) is 0 Å². The fourth-order valence-corrected chi connectivity index (χ4v) is 4.18. The molecule has 0 radical (unpaired) electrons. The molecule has 2 aliphatic rings. The second kappa shape index (κ2) is 7.03. The van der Waals surface area contributed by atoms with Crippen molar-refractivity contribution in [1.82, 2.24) is 9.80 Å². The molecule has 0 bridgehead atoms. The van der Waals surface area contributed by atoms with Crippen LogP contribution in [0.4, 0.5) is 0 Å². The summed E-state index contributed by atoms with van der Waals surface area (Å²) in [5.74, 6) is 0.867. The van der Waals surface area contributed by atoms with Gasteiger partial charge in [-0.3, -0.25) is 9.80 Å². The van der Waals surface area contributed by atoms with Gasteiger partial charge in [-0.1, -0.05) is 0 Å². The molecule has 0 aliphatic carbocycles. The van der Waals surface area contributed by atoms with Crippen molar-refractivity contribution in [3.8, 4) is 0 Å². The van der Waals surface area contributed by atoms with Crippen LogP contribution in [-0.4, -0.2) is 55.2 Å². The first-order chi connectivity index (χ1) is 9.83. The van der Waals surface area contributed by atoms with Crippen molar-refractivity contribution in [2.24, 2.45) is 5.92 Å². The predicted octanol–water partition coefficient (Wildman–Crippen LogP) is 2.68. The summed E-state index contributed by atoms with van der Waals surface area (Å²) in [6, 6.07) is 2.98. The topological polar surface area (TPSA) is 15.7 Å². The van der Waals surface area contributed by atoms with Crippen LogP contribution in [0.5, 0.6) is 0 Å². The Balaban J connectivity index is 1.45. The van der Waals surface area contributed by atoms with Crippen molar-refractivity contribution < 1.29 is 4.74 Å². The quantitative estimate of drug-likeness (QED) is 0.849. The highest BCUT2D eigenvalue weighted by Gasteiger charge is 2.28. The van der Waals surface area contributed by atoms with Crippen molar-refractivity contribution in [3.05, 3.63) is 22.4 Å². The van der Waals surface area contributed by atoms with Crippen molar-refractivity contribution in [2.75, 3.05) is 39.4 Å². The van der Waals surface area contributed by atoms with Crippen molar-refractivity contribution in [1.29, 1.82) is 0 Å². The zero-order valence-corrected chi connectivity index (χ0v) is 13.3. The Hall–Kier alpha value is -0.420. The molecule has 3 nitrogen and oxygen atoms in total. The van der Waals surface area contributed by atoms with Crippen LogP contribution in [0.25, 0.3) is 0 Å². The van der Waals surface area contributed by atoms with Crippen molar-refractivity contribution in [3.63, 3.8) is 0 Å². The van der Waals surface area contributed by atoms with Crippen LogP contribution in [-0.2, 0) is 11.3 Å². The third-order valence-electron chi connectivity index (χ3n) is 4.92. The fourth-order valence-electron chi connectivity index (χ4n) is 3.52. The molecule has 112 valence electrons. The molecule has 2 saturated heterocycles. The van der Waals surface area contributed by atoms with Crippen molar-refractivity contribution >= 4 is 11.3 Å². The lowest BCUT2D eigenvalue weighted by atomic mass is 9.89. The standard InChI is InChI=1S/C16H26N2OS/c1-14(18-7-9-19-10-8-18)16-2-5-17(6-3-16)12-15-4-11-20-13-15/h4,11,13-14,16H,2-3,5-10,12H2,1H3/t14-/m0/s1.